The van der Waals surface area contributed by atoms with Gasteiger partial charge in [0.2, 0.25) is 11.8 Å². The van der Waals surface area contributed by atoms with E-state index in [4.69, 9.17) is 16.3 Å². The topological polar surface area (TPSA) is 96.5 Å². The van der Waals surface area contributed by atoms with Crippen molar-refractivity contribution in [3.8, 4) is 5.75 Å². The summed E-state index contributed by atoms with van der Waals surface area (Å²) in [5.41, 5.74) is 0.294. The number of hydrogen-bond donors (Lipinski definition) is 3. The minimum absolute atomic E-state index is 0.0730. The van der Waals surface area contributed by atoms with Crippen LogP contribution in [0.5, 0.6) is 5.75 Å². The first-order valence-corrected chi connectivity index (χ1v) is 11.7. The minimum atomic E-state index is -0.792. The van der Waals surface area contributed by atoms with Gasteiger partial charge in [0, 0.05) is 5.02 Å². The van der Waals surface area contributed by atoms with Gasteiger partial charge in [-0.15, -0.1) is 0 Å². The van der Waals surface area contributed by atoms with Gasteiger partial charge < -0.3 is 20.7 Å². The average molecular weight is 466 g/mol. The molecule has 0 unspecified atom stereocenters. The van der Waals surface area contributed by atoms with Crippen molar-refractivity contribution < 1.29 is 19.1 Å². The number of halogens is 1. The van der Waals surface area contributed by atoms with Crippen molar-refractivity contribution >= 4 is 29.3 Å². The fourth-order valence-electron chi connectivity index (χ4n) is 3.55. The fraction of sp³-hybridized carbons (Fsp3) is 0.625. The zero-order valence-electron chi connectivity index (χ0n) is 19.8. The fourth-order valence-corrected chi connectivity index (χ4v) is 3.71. The normalized spacial score (nSPS) is 23.7. The molecule has 7 nitrogen and oxygen atoms in total. The Morgan fingerprint density at radius 2 is 1.72 bits per heavy atom. The Kier molecular flexibility index (Phi) is 9.37. The van der Waals surface area contributed by atoms with E-state index in [-0.39, 0.29) is 42.2 Å². The van der Waals surface area contributed by atoms with E-state index >= 15 is 0 Å². The van der Waals surface area contributed by atoms with E-state index < -0.39 is 18.0 Å². The summed E-state index contributed by atoms with van der Waals surface area (Å²) in [6.07, 6.45) is 1.17. The summed E-state index contributed by atoms with van der Waals surface area (Å²) in [7, 11) is 0. The van der Waals surface area contributed by atoms with Crippen LogP contribution < -0.4 is 20.7 Å². The summed E-state index contributed by atoms with van der Waals surface area (Å²) >= 11 is 6.14. The van der Waals surface area contributed by atoms with Gasteiger partial charge in [0.05, 0.1) is 11.6 Å². The number of ether oxygens (including phenoxy) is 1. The summed E-state index contributed by atoms with van der Waals surface area (Å²) in [5, 5.41) is 9.19. The van der Waals surface area contributed by atoms with Crippen molar-refractivity contribution in [1.82, 2.24) is 16.0 Å². The van der Waals surface area contributed by atoms with E-state index in [9.17, 15) is 14.4 Å². The molecule has 1 aromatic carbocycles. The third-order valence-corrected chi connectivity index (χ3v) is 6.10. The number of rotatable bonds is 5. The van der Waals surface area contributed by atoms with Gasteiger partial charge in [0.1, 0.15) is 24.4 Å². The van der Waals surface area contributed by atoms with E-state index in [1.807, 2.05) is 41.5 Å². The van der Waals surface area contributed by atoms with Crippen LogP contribution in [0.2, 0.25) is 5.02 Å². The van der Waals surface area contributed by atoms with Crippen molar-refractivity contribution in [3.05, 3.63) is 28.8 Å². The predicted octanol–water partition coefficient (Wildman–Crippen LogP) is 3.55. The van der Waals surface area contributed by atoms with E-state index in [0.29, 0.717) is 29.2 Å². The molecule has 178 valence electrons. The number of nitrogens with one attached hydrogen (secondary N) is 3. The molecule has 1 heterocycles. The highest BCUT2D eigenvalue weighted by atomic mass is 35.5. The molecule has 0 saturated carbocycles. The Bertz CT molecular complexity index is 827. The van der Waals surface area contributed by atoms with Crippen LogP contribution in [0.15, 0.2) is 18.2 Å². The van der Waals surface area contributed by atoms with Gasteiger partial charge in [-0.1, -0.05) is 59.6 Å². The first-order chi connectivity index (χ1) is 15.0. The summed E-state index contributed by atoms with van der Waals surface area (Å²) in [6.45, 7) is 12.0. The molecule has 1 aliphatic heterocycles. The standard InChI is InChI=1S/C24H36ClN3O4/c1-7-15(6)21-24(31)26-18(10-13(2)3)23(30)27-19(14(4)5)12-32-20-11-16(25)8-9-17(20)22(29)28-21/h8-9,11,13-15,18-19,21H,7,10,12H2,1-6H3,(H,26,31)(H,27,30)(H,28,29)/t15-,18-,19+,21-/m0/s1. The quantitative estimate of drug-likeness (QED) is 0.619. The van der Waals surface area contributed by atoms with Crippen molar-refractivity contribution in [3.63, 3.8) is 0 Å². The summed E-state index contributed by atoms with van der Waals surface area (Å²) in [5.74, 6) is -0.595. The number of carbonyl (C=O) groups is 3. The van der Waals surface area contributed by atoms with Crippen LogP contribution in [-0.4, -0.2) is 42.5 Å². The zero-order valence-corrected chi connectivity index (χ0v) is 20.6. The lowest BCUT2D eigenvalue weighted by Gasteiger charge is -2.28. The molecule has 3 amide bonds. The molecule has 0 bridgehead atoms. The molecule has 1 aromatic rings. The van der Waals surface area contributed by atoms with Crippen LogP contribution in [0.4, 0.5) is 0 Å². The Labute approximate surface area is 196 Å². The molecule has 3 N–H and O–H groups in total. The smallest absolute Gasteiger partial charge is 0.255 e. The Morgan fingerprint density at radius 1 is 1.03 bits per heavy atom. The van der Waals surface area contributed by atoms with Crippen LogP contribution in [0.25, 0.3) is 0 Å². The minimum Gasteiger partial charge on any atom is -0.491 e. The van der Waals surface area contributed by atoms with Crippen molar-refractivity contribution in [2.75, 3.05) is 6.61 Å². The molecule has 0 spiro atoms. The van der Waals surface area contributed by atoms with Crippen LogP contribution >= 0.6 is 11.6 Å². The number of benzene rings is 1. The lowest BCUT2D eigenvalue weighted by Crippen LogP contribution is -2.57. The van der Waals surface area contributed by atoms with Gasteiger partial charge in [-0.25, -0.2) is 0 Å². The molecule has 0 radical (unpaired) electrons. The molecule has 0 aliphatic carbocycles. The van der Waals surface area contributed by atoms with E-state index in [2.05, 4.69) is 16.0 Å². The summed E-state index contributed by atoms with van der Waals surface area (Å²) < 4.78 is 5.97. The second kappa shape index (κ2) is 11.5. The van der Waals surface area contributed by atoms with Gasteiger partial charge in [-0.2, -0.15) is 0 Å². The number of amides is 3. The second-order valence-electron chi connectivity index (χ2n) is 9.34. The van der Waals surface area contributed by atoms with Crippen LogP contribution in [0.1, 0.15) is 64.7 Å². The molecule has 1 aliphatic rings. The highest BCUT2D eigenvalue weighted by Gasteiger charge is 2.33. The highest BCUT2D eigenvalue weighted by Crippen LogP contribution is 2.25. The predicted molar refractivity (Wildman–Crippen MR) is 126 cm³/mol. The SMILES string of the molecule is CC[C@H](C)[C@@H]1NC(=O)c2ccc(Cl)cc2OC[C@H](C(C)C)NC(=O)[C@H](CC(C)C)NC1=O. The largest absolute Gasteiger partial charge is 0.491 e. The maximum Gasteiger partial charge on any atom is 0.255 e. The molecule has 0 saturated heterocycles. The Balaban J connectivity index is 2.50. The van der Waals surface area contributed by atoms with Crippen molar-refractivity contribution in [2.45, 2.75) is 72.5 Å². The average Bonchev–Trinajstić information content (AvgIpc) is 2.72. The number of carbonyl (C=O) groups excluding carboxylic acids is 3. The maximum atomic E-state index is 13.2. The molecule has 0 fully saturated rings. The van der Waals surface area contributed by atoms with Crippen LogP contribution in [0, 0.1) is 17.8 Å². The second-order valence-corrected chi connectivity index (χ2v) is 9.77. The Morgan fingerprint density at radius 3 is 2.31 bits per heavy atom. The van der Waals surface area contributed by atoms with Crippen molar-refractivity contribution in [2.24, 2.45) is 17.8 Å². The van der Waals surface area contributed by atoms with Gasteiger partial charge in [0.15, 0.2) is 0 Å². The number of hydrogen-bond acceptors (Lipinski definition) is 4. The first kappa shape index (κ1) is 26.0. The van der Waals surface area contributed by atoms with Crippen molar-refractivity contribution in [1.29, 1.82) is 0 Å². The summed E-state index contributed by atoms with van der Waals surface area (Å²) in [4.78, 5) is 39.5. The van der Waals surface area contributed by atoms with Gasteiger partial charge in [-0.3, -0.25) is 14.4 Å². The maximum absolute atomic E-state index is 13.2. The third kappa shape index (κ3) is 6.86. The van der Waals surface area contributed by atoms with E-state index in [0.717, 1.165) is 0 Å². The van der Waals surface area contributed by atoms with E-state index in [1.165, 1.54) is 0 Å². The molecule has 32 heavy (non-hydrogen) atoms. The van der Waals surface area contributed by atoms with E-state index in [1.54, 1.807) is 18.2 Å². The van der Waals surface area contributed by atoms with Crippen LogP contribution in [0.3, 0.4) is 0 Å². The third-order valence-electron chi connectivity index (χ3n) is 5.86. The zero-order chi connectivity index (χ0) is 24.0. The lowest BCUT2D eigenvalue weighted by atomic mass is 9.96. The molecule has 4 atom stereocenters. The molecular formula is C24H36ClN3O4. The first-order valence-electron chi connectivity index (χ1n) is 11.4. The highest BCUT2D eigenvalue weighted by molar-refractivity contribution is 6.30. The van der Waals surface area contributed by atoms with Gasteiger partial charge in [-0.05, 0) is 42.4 Å². The van der Waals surface area contributed by atoms with Gasteiger partial charge in [0.25, 0.3) is 5.91 Å². The number of fused-ring (bicyclic) bond motifs is 1. The Hall–Kier alpha value is -2.28. The van der Waals surface area contributed by atoms with Gasteiger partial charge >= 0.3 is 0 Å². The molecule has 2 rings (SSSR count). The molecule has 0 aromatic heterocycles. The van der Waals surface area contributed by atoms with Crippen LogP contribution in [-0.2, 0) is 9.59 Å². The monoisotopic (exact) mass is 465 g/mol. The summed E-state index contributed by atoms with van der Waals surface area (Å²) in [6, 6.07) is 2.97. The lowest BCUT2D eigenvalue weighted by molar-refractivity contribution is -0.131. The molecular weight excluding hydrogens is 430 g/mol. The molecule has 8 heteroatoms.